The fourth-order valence-electron chi connectivity index (χ4n) is 4.72. The number of carbonyl (C=O) groups is 1. The highest BCUT2D eigenvalue weighted by molar-refractivity contribution is 7.89. The molecule has 0 N–H and O–H groups in total. The Hall–Kier alpha value is -1.97. The smallest absolute Gasteiger partial charge is 0.253 e. The third-order valence-electron chi connectivity index (χ3n) is 6.21. The first-order valence-corrected chi connectivity index (χ1v) is 13.6. The summed E-state index contributed by atoms with van der Waals surface area (Å²) in [5.74, 6) is 0.555. The molecule has 1 aromatic carbocycles. The van der Waals surface area contributed by atoms with Crippen molar-refractivity contribution in [3.8, 4) is 0 Å². The normalized spacial score (nSPS) is 23.2. The zero-order valence-electron chi connectivity index (χ0n) is 19.0. The van der Waals surface area contributed by atoms with E-state index >= 15 is 0 Å². The van der Waals surface area contributed by atoms with Gasteiger partial charge in [-0.1, -0.05) is 19.9 Å². The molecule has 0 spiro atoms. The number of rotatable bonds is 4. The van der Waals surface area contributed by atoms with Crippen molar-refractivity contribution in [2.75, 3.05) is 44.2 Å². The molecule has 7 nitrogen and oxygen atoms in total. The van der Waals surface area contributed by atoms with Crippen LogP contribution in [-0.4, -0.2) is 67.8 Å². The number of aromatic nitrogens is 1. The van der Waals surface area contributed by atoms with E-state index < -0.39 is 10.0 Å². The largest absolute Gasteiger partial charge is 0.346 e. The molecule has 2 aliphatic rings. The van der Waals surface area contributed by atoms with E-state index in [1.807, 2.05) is 17.2 Å². The number of hydrogen-bond acceptors (Lipinski definition) is 6. The third-order valence-corrected chi connectivity index (χ3v) is 9.06. The summed E-state index contributed by atoms with van der Waals surface area (Å²) in [6, 6.07) is 6.55. The van der Waals surface area contributed by atoms with Crippen LogP contribution >= 0.6 is 11.3 Å². The molecule has 1 aromatic heterocycles. The molecule has 174 valence electrons. The van der Waals surface area contributed by atoms with Crippen molar-refractivity contribution in [1.82, 2.24) is 14.2 Å². The lowest BCUT2D eigenvalue weighted by molar-refractivity contribution is 0.0766. The topological polar surface area (TPSA) is 73.8 Å². The van der Waals surface area contributed by atoms with Gasteiger partial charge in [0.1, 0.15) is 0 Å². The quantitative estimate of drug-likeness (QED) is 0.676. The van der Waals surface area contributed by atoms with Crippen molar-refractivity contribution in [2.24, 2.45) is 11.8 Å². The molecule has 2 aromatic rings. The average molecular weight is 477 g/mol. The predicted molar refractivity (Wildman–Crippen MR) is 128 cm³/mol. The van der Waals surface area contributed by atoms with Gasteiger partial charge in [-0.3, -0.25) is 4.79 Å². The van der Waals surface area contributed by atoms with Crippen molar-refractivity contribution in [3.05, 3.63) is 40.9 Å². The van der Waals surface area contributed by atoms with E-state index in [1.54, 1.807) is 39.9 Å². The Labute approximate surface area is 195 Å². The summed E-state index contributed by atoms with van der Waals surface area (Å²) in [6.07, 6.45) is 1.89. The van der Waals surface area contributed by atoms with Gasteiger partial charge in [-0.15, -0.1) is 11.3 Å². The summed E-state index contributed by atoms with van der Waals surface area (Å²) in [5.41, 5.74) is 1.44. The number of sulfonamides is 1. The van der Waals surface area contributed by atoms with Gasteiger partial charge >= 0.3 is 0 Å². The molecule has 3 heterocycles. The maximum Gasteiger partial charge on any atom is 0.253 e. The molecule has 9 heteroatoms. The second-order valence-corrected chi connectivity index (χ2v) is 12.0. The van der Waals surface area contributed by atoms with Gasteiger partial charge in [-0.05, 0) is 49.8 Å². The molecule has 2 fully saturated rings. The van der Waals surface area contributed by atoms with Crippen LogP contribution in [0.4, 0.5) is 5.13 Å². The summed E-state index contributed by atoms with van der Waals surface area (Å²) >= 11 is 1.63. The first-order chi connectivity index (χ1) is 15.2. The number of benzene rings is 1. The monoisotopic (exact) mass is 476 g/mol. The van der Waals surface area contributed by atoms with Gasteiger partial charge in [-0.2, -0.15) is 4.31 Å². The Kier molecular flexibility index (Phi) is 6.88. The molecule has 4 rings (SSSR count). The second-order valence-electron chi connectivity index (χ2n) is 9.20. The summed E-state index contributed by atoms with van der Waals surface area (Å²) in [4.78, 5) is 22.1. The minimum atomic E-state index is -3.62. The first-order valence-electron chi connectivity index (χ1n) is 11.3. The van der Waals surface area contributed by atoms with Crippen molar-refractivity contribution in [1.29, 1.82) is 0 Å². The lowest BCUT2D eigenvalue weighted by atomic mass is 9.94. The molecule has 2 unspecified atom stereocenters. The Morgan fingerprint density at radius 1 is 1.09 bits per heavy atom. The van der Waals surface area contributed by atoms with Crippen LogP contribution in [0.1, 0.15) is 42.7 Å². The van der Waals surface area contributed by atoms with Crippen molar-refractivity contribution in [2.45, 2.75) is 38.5 Å². The van der Waals surface area contributed by atoms with E-state index in [0.717, 1.165) is 36.8 Å². The van der Waals surface area contributed by atoms with Crippen molar-refractivity contribution < 1.29 is 13.2 Å². The van der Waals surface area contributed by atoms with E-state index in [-0.39, 0.29) is 10.8 Å². The lowest BCUT2D eigenvalue weighted by Gasteiger charge is -2.34. The predicted octanol–water partition coefficient (Wildman–Crippen LogP) is 3.47. The van der Waals surface area contributed by atoms with Crippen LogP contribution in [0.5, 0.6) is 0 Å². The molecule has 2 saturated heterocycles. The number of carbonyl (C=O) groups excluding carboxylic acids is 1. The zero-order valence-corrected chi connectivity index (χ0v) is 20.7. The van der Waals surface area contributed by atoms with E-state index in [9.17, 15) is 13.2 Å². The number of piperidine rings is 1. The van der Waals surface area contributed by atoms with Crippen molar-refractivity contribution >= 4 is 32.4 Å². The molecule has 0 saturated carbocycles. The van der Waals surface area contributed by atoms with Crippen LogP contribution in [0, 0.1) is 18.8 Å². The molecule has 0 radical (unpaired) electrons. The van der Waals surface area contributed by atoms with Crippen LogP contribution in [0.2, 0.25) is 0 Å². The molecule has 1 amide bonds. The SMILES string of the molecule is Cc1csc(N2CCCN(C(=O)c3cccc(S(=O)(=O)N4CC(C)CC(C)C4)c3)CC2)n1. The molecular weight excluding hydrogens is 444 g/mol. The van der Waals surface area contributed by atoms with Gasteiger partial charge in [0, 0.05) is 50.2 Å². The van der Waals surface area contributed by atoms with E-state index in [1.165, 1.54) is 0 Å². The molecular formula is C23H32N4O3S2. The summed E-state index contributed by atoms with van der Waals surface area (Å²) in [6.45, 7) is 10.1. The number of amides is 1. The van der Waals surface area contributed by atoms with Gasteiger partial charge < -0.3 is 9.80 Å². The Morgan fingerprint density at radius 2 is 1.84 bits per heavy atom. The van der Waals surface area contributed by atoms with E-state index in [2.05, 4.69) is 23.7 Å². The maximum absolute atomic E-state index is 13.3. The Balaban J connectivity index is 1.48. The minimum Gasteiger partial charge on any atom is -0.346 e. The highest BCUT2D eigenvalue weighted by Crippen LogP contribution is 2.27. The fraction of sp³-hybridized carbons (Fsp3) is 0.565. The summed E-state index contributed by atoms with van der Waals surface area (Å²) in [5, 5.41) is 3.04. The van der Waals surface area contributed by atoms with E-state index in [4.69, 9.17) is 0 Å². The molecule has 32 heavy (non-hydrogen) atoms. The van der Waals surface area contributed by atoms with Crippen molar-refractivity contribution in [3.63, 3.8) is 0 Å². The van der Waals surface area contributed by atoms with Gasteiger partial charge in [-0.25, -0.2) is 13.4 Å². The van der Waals surface area contributed by atoms with Gasteiger partial charge in [0.05, 0.1) is 10.6 Å². The van der Waals surface area contributed by atoms with Gasteiger partial charge in [0.15, 0.2) is 5.13 Å². The fourth-order valence-corrected chi connectivity index (χ4v) is 7.30. The van der Waals surface area contributed by atoms with Crippen LogP contribution in [0.15, 0.2) is 34.5 Å². The maximum atomic E-state index is 13.3. The Morgan fingerprint density at radius 3 is 2.53 bits per heavy atom. The van der Waals surface area contributed by atoms with Gasteiger partial charge in [0.25, 0.3) is 5.91 Å². The third kappa shape index (κ3) is 5.00. The van der Waals surface area contributed by atoms with Crippen LogP contribution < -0.4 is 4.90 Å². The zero-order chi connectivity index (χ0) is 22.9. The summed E-state index contributed by atoms with van der Waals surface area (Å²) in [7, 11) is -3.62. The number of thiazole rings is 1. The Bertz CT molecular complexity index is 1060. The average Bonchev–Trinajstić information content (AvgIpc) is 3.04. The molecule has 2 aliphatic heterocycles. The number of anilines is 1. The van der Waals surface area contributed by atoms with E-state index in [0.29, 0.717) is 43.6 Å². The minimum absolute atomic E-state index is 0.111. The first kappa shape index (κ1) is 23.2. The summed E-state index contributed by atoms with van der Waals surface area (Å²) < 4.78 is 28.1. The second kappa shape index (κ2) is 9.49. The number of hydrogen-bond donors (Lipinski definition) is 0. The number of nitrogens with zero attached hydrogens (tertiary/aromatic N) is 4. The van der Waals surface area contributed by atoms with Crippen LogP contribution in [0.25, 0.3) is 0 Å². The molecule has 0 bridgehead atoms. The molecule has 0 aliphatic carbocycles. The van der Waals surface area contributed by atoms with Crippen LogP contribution in [-0.2, 0) is 10.0 Å². The lowest BCUT2D eigenvalue weighted by Crippen LogP contribution is -2.42. The van der Waals surface area contributed by atoms with Gasteiger partial charge in [0.2, 0.25) is 10.0 Å². The van der Waals surface area contributed by atoms with Crippen LogP contribution in [0.3, 0.4) is 0 Å². The molecule has 2 atom stereocenters. The standard InChI is InChI=1S/C23H32N4O3S2/c1-17-12-18(2)15-27(14-17)32(29,30)21-7-4-6-20(13-21)22(28)25-8-5-9-26(11-10-25)23-24-19(3)16-31-23/h4,6-7,13,16-18H,5,8-12,14-15H2,1-3H3. The number of aryl methyl sites for hydroxylation is 1. The highest BCUT2D eigenvalue weighted by Gasteiger charge is 2.32. The highest BCUT2D eigenvalue weighted by atomic mass is 32.2.